The molecule has 2 amide bonds. The Hall–Kier alpha value is -2.47. The molecule has 1 aromatic carbocycles. The minimum Gasteiger partial charge on any atom is -0.347 e. The van der Waals surface area contributed by atoms with Gasteiger partial charge < -0.3 is 10.6 Å². The van der Waals surface area contributed by atoms with E-state index in [1.54, 1.807) is 6.07 Å². The number of aryl methyl sites for hydroxylation is 4. The van der Waals surface area contributed by atoms with E-state index < -0.39 is 0 Å². The van der Waals surface area contributed by atoms with Crippen LogP contribution in [0.1, 0.15) is 44.1 Å². The van der Waals surface area contributed by atoms with Crippen LogP contribution in [-0.4, -0.2) is 24.1 Å². The van der Waals surface area contributed by atoms with Gasteiger partial charge >= 0.3 is 0 Å². The van der Waals surface area contributed by atoms with E-state index in [0.717, 1.165) is 27.3 Å². The van der Waals surface area contributed by atoms with Crippen LogP contribution in [0.15, 0.2) is 24.3 Å². The molecule has 0 saturated heterocycles. The average molecular weight is 372 g/mol. The first-order chi connectivity index (χ1) is 12.3. The highest BCUT2D eigenvalue weighted by atomic mass is 32.1. The van der Waals surface area contributed by atoms with Gasteiger partial charge in [0.05, 0.1) is 11.4 Å². The Morgan fingerprint density at radius 1 is 0.923 bits per heavy atom. The number of carbonyl (C=O) groups is 3. The fourth-order valence-electron chi connectivity index (χ4n) is 2.76. The molecule has 0 aliphatic rings. The van der Waals surface area contributed by atoms with Crippen molar-refractivity contribution in [3.05, 3.63) is 50.7 Å². The minimum absolute atomic E-state index is 0.0476. The fourth-order valence-corrected chi connectivity index (χ4v) is 3.60. The van der Waals surface area contributed by atoms with Gasteiger partial charge in [-0.25, -0.2) is 0 Å². The van der Waals surface area contributed by atoms with E-state index in [1.807, 2.05) is 45.9 Å². The minimum atomic E-state index is -0.306. The summed E-state index contributed by atoms with van der Waals surface area (Å²) in [5.74, 6) is -0.638. The van der Waals surface area contributed by atoms with Crippen LogP contribution in [-0.2, 0) is 9.59 Å². The summed E-state index contributed by atoms with van der Waals surface area (Å²) in [7, 11) is 0. The van der Waals surface area contributed by atoms with Crippen LogP contribution in [0.2, 0.25) is 0 Å². The number of ketones is 1. The Kier molecular flexibility index (Phi) is 6.69. The van der Waals surface area contributed by atoms with E-state index in [1.165, 1.54) is 11.3 Å². The first-order valence-corrected chi connectivity index (χ1v) is 9.32. The molecule has 2 aromatic rings. The smallest absolute Gasteiger partial charge is 0.243 e. The molecule has 2 rings (SSSR count). The summed E-state index contributed by atoms with van der Waals surface area (Å²) < 4.78 is 0. The van der Waals surface area contributed by atoms with Gasteiger partial charge in [-0.15, -0.1) is 11.3 Å². The Balaban J connectivity index is 1.78. The van der Waals surface area contributed by atoms with Crippen molar-refractivity contribution in [3.63, 3.8) is 0 Å². The molecule has 0 unspecified atom stereocenters. The number of thiophene rings is 1. The van der Waals surface area contributed by atoms with E-state index in [-0.39, 0.29) is 37.0 Å². The molecular weight excluding hydrogens is 348 g/mol. The summed E-state index contributed by atoms with van der Waals surface area (Å²) in [4.78, 5) is 37.7. The number of Topliss-reactive ketones (excluding diaryl/α,β-unsaturated/α-hetero) is 1. The Morgan fingerprint density at radius 2 is 1.58 bits per heavy atom. The summed E-state index contributed by atoms with van der Waals surface area (Å²) in [6.45, 7) is 7.70. The highest BCUT2D eigenvalue weighted by Gasteiger charge is 2.13. The third kappa shape index (κ3) is 5.52. The van der Waals surface area contributed by atoms with Crippen molar-refractivity contribution >= 4 is 34.6 Å². The lowest BCUT2D eigenvalue weighted by atomic mass is 10.1. The number of carbonyl (C=O) groups excluding carboxylic acids is 3. The monoisotopic (exact) mass is 372 g/mol. The maximum atomic E-state index is 12.1. The maximum Gasteiger partial charge on any atom is 0.243 e. The Labute approximate surface area is 157 Å². The first kappa shape index (κ1) is 19.8. The Bertz CT molecular complexity index is 816. The molecular formula is C20H24N2O3S. The van der Waals surface area contributed by atoms with Gasteiger partial charge in [-0.1, -0.05) is 17.7 Å². The maximum absolute atomic E-state index is 12.1. The van der Waals surface area contributed by atoms with Crippen LogP contribution in [0.4, 0.5) is 5.69 Å². The summed E-state index contributed by atoms with van der Waals surface area (Å²) in [6.07, 6.45) is 0.217. The molecule has 0 spiro atoms. The summed E-state index contributed by atoms with van der Waals surface area (Å²) in [5, 5.41) is 5.40. The van der Waals surface area contributed by atoms with Crippen molar-refractivity contribution in [1.82, 2.24) is 5.32 Å². The van der Waals surface area contributed by atoms with Crippen LogP contribution in [0.5, 0.6) is 0 Å². The second-order valence-electron chi connectivity index (χ2n) is 6.43. The van der Waals surface area contributed by atoms with Gasteiger partial charge in [-0.3, -0.25) is 14.4 Å². The molecule has 1 heterocycles. The van der Waals surface area contributed by atoms with Crippen LogP contribution in [0.25, 0.3) is 0 Å². The molecule has 0 aliphatic carbocycles. The molecule has 0 radical (unpaired) electrons. The second kappa shape index (κ2) is 8.76. The number of benzene rings is 1. The van der Waals surface area contributed by atoms with Crippen LogP contribution >= 0.6 is 11.3 Å². The third-order valence-electron chi connectivity index (χ3n) is 3.98. The molecule has 0 atom stereocenters. The standard InChI is InChI=1S/C20H24N2O3S/c1-12-9-13(2)20(14(3)10-12)22-19(25)11-21-18(24)8-6-16(23)17-7-5-15(4)26-17/h5,7,9-10H,6,8,11H2,1-4H3,(H,21,24)(H,22,25). The fraction of sp³-hybridized carbons (Fsp3) is 0.350. The third-order valence-corrected chi connectivity index (χ3v) is 5.02. The molecule has 5 nitrogen and oxygen atoms in total. The predicted octanol–water partition coefficient (Wildman–Crippen LogP) is 3.70. The van der Waals surface area contributed by atoms with Gasteiger partial charge in [-0.2, -0.15) is 0 Å². The molecule has 26 heavy (non-hydrogen) atoms. The topological polar surface area (TPSA) is 75.3 Å². The molecule has 138 valence electrons. The number of hydrogen-bond acceptors (Lipinski definition) is 4. The Morgan fingerprint density at radius 3 is 2.15 bits per heavy atom. The molecule has 0 saturated carbocycles. The zero-order valence-electron chi connectivity index (χ0n) is 15.6. The number of anilines is 1. The summed E-state index contributed by atoms with van der Waals surface area (Å²) >= 11 is 1.43. The van der Waals surface area contributed by atoms with E-state index in [2.05, 4.69) is 10.6 Å². The molecule has 0 aliphatic heterocycles. The molecule has 6 heteroatoms. The van der Waals surface area contributed by atoms with E-state index in [9.17, 15) is 14.4 Å². The lowest BCUT2D eigenvalue weighted by Gasteiger charge is -2.13. The van der Waals surface area contributed by atoms with Gasteiger partial charge in [0.1, 0.15) is 0 Å². The van der Waals surface area contributed by atoms with E-state index in [0.29, 0.717) is 4.88 Å². The van der Waals surface area contributed by atoms with Gasteiger partial charge in [0.15, 0.2) is 5.78 Å². The average Bonchev–Trinajstić information content (AvgIpc) is 3.00. The van der Waals surface area contributed by atoms with E-state index >= 15 is 0 Å². The molecule has 2 N–H and O–H groups in total. The zero-order chi connectivity index (χ0) is 19.3. The number of hydrogen-bond donors (Lipinski definition) is 2. The van der Waals surface area contributed by atoms with Crippen LogP contribution in [0.3, 0.4) is 0 Å². The predicted molar refractivity (Wildman–Crippen MR) is 105 cm³/mol. The van der Waals surface area contributed by atoms with Crippen LogP contribution < -0.4 is 10.6 Å². The zero-order valence-corrected chi connectivity index (χ0v) is 16.4. The van der Waals surface area contributed by atoms with E-state index in [4.69, 9.17) is 0 Å². The largest absolute Gasteiger partial charge is 0.347 e. The van der Waals surface area contributed by atoms with Gasteiger partial charge in [0.25, 0.3) is 0 Å². The van der Waals surface area contributed by atoms with Gasteiger partial charge in [0.2, 0.25) is 11.8 Å². The van der Waals surface area contributed by atoms with Gasteiger partial charge in [-0.05, 0) is 51.0 Å². The second-order valence-corrected chi connectivity index (χ2v) is 7.72. The quantitative estimate of drug-likeness (QED) is 0.728. The van der Waals surface area contributed by atoms with Crippen molar-refractivity contribution in [2.45, 2.75) is 40.5 Å². The van der Waals surface area contributed by atoms with Crippen LogP contribution in [0, 0.1) is 27.7 Å². The number of amides is 2. The van der Waals surface area contributed by atoms with Crippen molar-refractivity contribution in [3.8, 4) is 0 Å². The normalized spacial score (nSPS) is 10.5. The van der Waals surface area contributed by atoms with Crippen molar-refractivity contribution in [2.24, 2.45) is 0 Å². The number of rotatable bonds is 7. The lowest BCUT2D eigenvalue weighted by molar-refractivity contribution is -0.124. The highest BCUT2D eigenvalue weighted by molar-refractivity contribution is 7.14. The molecule has 0 bridgehead atoms. The van der Waals surface area contributed by atoms with Crippen molar-refractivity contribution in [1.29, 1.82) is 0 Å². The SMILES string of the molecule is Cc1cc(C)c(NC(=O)CNC(=O)CCC(=O)c2ccc(C)s2)c(C)c1. The molecule has 0 fully saturated rings. The summed E-state index contributed by atoms with van der Waals surface area (Å²) in [5.41, 5.74) is 3.88. The molecule has 1 aromatic heterocycles. The lowest BCUT2D eigenvalue weighted by Crippen LogP contribution is -2.33. The van der Waals surface area contributed by atoms with Crippen molar-refractivity contribution in [2.75, 3.05) is 11.9 Å². The van der Waals surface area contributed by atoms with Gasteiger partial charge in [0, 0.05) is 23.4 Å². The summed E-state index contributed by atoms with van der Waals surface area (Å²) in [6, 6.07) is 7.66. The van der Waals surface area contributed by atoms with Crippen molar-refractivity contribution < 1.29 is 14.4 Å². The highest BCUT2D eigenvalue weighted by Crippen LogP contribution is 2.21. The number of nitrogens with one attached hydrogen (secondary N) is 2. The first-order valence-electron chi connectivity index (χ1n) is 8.50.